The number of rotatable bonds is 3. The van der Waals surface area contributed by atoms with Crippen molar-refractivity contribution >= 4 is 5.91 Å². The molecule has 0 spiro atoms. The van der Waals surface area contributed by atoms with E-state index in [9.17, 15) is 13.6 Å². The summed E-state index contributed by atoms with van der Waals surface area (Å²) in [7, 11) is 0. The third kappa shape index (κ3) is 3.23. The maximum Gasteiger partial charge on any atom is 0.251 e. The molecule has 1 aromatic carbocycles. The first-order chi connectivity index (χ1) is 8.15. The summed E-state index contributed by atoms with van der Waals surface area (Å²) in [4.78, 5) is 11.6. The average molecular weight is 241 g/mol. The first kappa shape index (κ1) is 12.0. The minimum absolute atomic E-state index is 0.0114. The second-order valence-electron chi connectivity index (χ2n) is 4.00. The number of hydrogen-bond donors (Lipinski definition) is 1. The van der Waals surface area contributed by atoms with Crippen molar-refractivity contribution in [2.75, 3.05) is 13.2 Å². The highest BCUT2D eigenvalue weighted by atomic mass is 19.1. The van der Waals surface area contributed by atoms with Gasteiger partial charge >= 0.3 is 0 Å². The Morgan fingerprint density at radius 1 is 1.35 bits per heavy atom. The van der Waals surface area contributed by atoms with Crippen molar-refractivity contribution in [3.8, 4) is 0 Å². The molecule has 1 aliphatic rings. The molecule has 1 aromatic rings. The molecular weight excluding hydrogens is 228 g/mol. The summed E-state index contributed by atoms with van der Waals surface area (Å²) in [5, 5.41) is 2.60. The fourth-order valence-corrected chi connectivity index (χ4v) is 1.80. The smallest absolute Gasteiger partial charge is 0.251 e. The molecule has 0 radical (unpaired) electrons. The summed E-state index contributed by atoms with van der Waals surface area (Å²) in [6.45, 7) is 1.08. The first-order valence-electron chi connectivity index (χ1n) is 5.51. The van der Waals surface area contributed by atoms with Crippen LogP contribution in [0.4, 0.5) is 8.78 Å². The van der Waals surface area contributed by atoms with Crippen molar-refractivity contribution in [1.82, 2.24) is 5.32 Å². The summed E-state index contributed by atoms with van der Waals surface area (Å²) < 4.78 is 31.1. The van der Waals surface area contributed by atoms with Crippen LogP contribution in [0.2, 0.25) is 0 Å². The van der Waals surface area contributed by atoms with Crippen molar-refractivity contribution in [3.05, 3.63) is 35.4 Å². The van der Waals surface area contributed by atoms with Gasteiger partial charge in [0.2, 0.25) is 0 Å². The monoisotopic (exact) mass is 241 g/mol. The van der Waals surface area contributed by atoms with E-state index < -0.39 is 17.5 Å². The summed E-state index contributed by atoms with van der Waals surface area (Å²) in [5.41, 5.74) is -0.0134. The predicted molar refractivity (Wildman–Crippen MR) is 57.7 cm³/mol. The molecule has 1 aliphatic heterocycles. The zero-order valence-corrected chi connectivity index (χ0v) is 9.21. The number of carbonyl (C=O) groups excluding carboxylic acids is 1. The van der Waals surface area contributed by atoms with Gasteiger partial charge < -0.3 is 10.1 Å². The normalized spacial score (nSPS) is 19.3. The molecule has 1 atom stereocenters. The lowest BCUT2D eigenvalue weighted by Gasteiger charge is -2.10. The van der Waals surface area contributed by atoms with E-state index in [1.807, 2.05) is 0 Å². The molecule has 0 aromatic heterocycles. The molecule has 92 valence electrons. The Labute approximate surface area is 97.8 Å². The fraction of sp³-hybridized carbons (Fsp3) is 0.417. The maximum absolute atomic E-state index is 12.9. The van der Waals surface area contributed by atoms with E-state index in [4.69, 9.17) is 4.74 Å². The van der Waals surface area contributed by atoms with Gasteiger partial charge in [0.05, 0.1) is 6.10 Å². The zero-order chi connectivity index (χ0) is 12.3. The van der Waals surface area contributed by atoms with Crippen LogP contribution in [0.3, 0.4) is 0 Å². The molecule has 1 saturated heterocycles. The van der Waals surface area contributed by atoms with Gasteiger partial charge in [0.25, 0.3) is 5.91 Å². The summed E-state index contributed by atoms with van der Waals surface area (Å²) in [5.74, 6) is -2.00. The second kappa shape index (κ2) is 5.23. The maximum atomic E-state index is 12.9. The lowest BCUT2D eigenvalue weighted by molar-refractivity contribution is 0.0857. The topological polar surface area (TPSA) is 38.3 Å². The Hall–Kier alpha value is -1.49. The third-order valence-electron chi connectivity index (χ3n) is 2.64. The average Bonchev–Trinajstić information content (AvgIpc) is 2.77. The molecule has 17 heavy (non-hydrogen) atoms. The van der Waals surface area contributed by atoms with Crippen LogP contribution in [0.15, 0.2) is 18.2 Å². The molecule has 2 rings (SSSR count). The molecule has 5 heteroatoms. The number of benzene rings is 1. The van der Waals surface area contributed by atoms with Gasteiger partial charge in [-0.25, -0.2) is 8.78 Å². The highest BCUT2D eigenvalue weighted by Gasteiger charge is 2.17. The highest BCUT2D eigenvalue weighted by molar-refractivity contribution is 5.94. The van der Waals surface area contributed by atoms with Gasteiger partial charge in [0.1, 0.15) is 11.6 Å². The van der Waals surface area contributed by atoms with Gasteiger partial charge in [0, 0.05) is 24.8 Å². The molecule has 1 fully saturated rings. The van der Waals surface area contributed by atoms with Crippen molar-refractivity contribution in [2.45, 2.75) is 18.9 Å². The molecule has 1 N–H and O–H groups in total. The quantitative estimate of drug-likeness (QED) is 0.877. The highest BCUT2D eigenvalue weighted by Crippen LogP contribution is 2.11. The van der Waals surface area contributed by atoms with E-state index in [0.29, 0.717) is 13.2 Å². The van der Waals surface area contributed by atoms with E-state index in [-0.39, 0.29) is 11.7 Å². The Bertz CT molecular complexity index is 397. The van der Waals surface area contributed by atoms with Crippen LogP contribution in [0, 0.1) is 11.6 Å². The van der Waals surface area contributed by atoms with Crippen LogP contribution < -0.4 is 5.32 Å². The number of nitrogens with one attached hydrogen (secondary N) is 1. The number of amides is 1. The van der Waals surface area contributed by atoms with Gasteiger partial charge in [-0.05, 0) is 25.0 Å². The van der Waals surface area contributed by atoms with Crippen molar-refractivity contribution in [2.24, 2.45) is 0 Å². The van der Waals surface area contributed by atoms with Crippen LogP contribution >= 0.6 is 0 Å². The van der Waals surface area contributed by atoms with Crippen molar-refractivity contribution in [1.29, 1.82) is 0 Å². The Balaban J connectivity index is 1.94. The van der Waals surface area contributed by atoms with Crippen LogP contribution in [-0.2, 0) is 4.74 Å². The number of carbonyl (C=O) groups is 1. The van der Waals surface area contributed by atoms with E-state index in [2.05, 4.69) is 5.32 Å². The Morgan fingerprint density at radius 2 is 2.06 bits per heavy atom. The predicted octanol–water partition coefficient (Wildman–Crippen LogP) is 1.87. The van der Waals surface area contributed by atoms with Gasteiger partial charge in [-0.2, -0.15) is 0 Å². The molecule has 0 bridgehead atoms. The lowest BCUT2D eigenvalue weighted by Crippen LogP contribution is -2.31. The van der Waals surface area contributed by atoms with Crippen molar-refractivity contribution < 1.29 is 18.3 Å². The second-order valence-corrected chi connectivity index (χ2v) is 4.00. The molecule has 1 unspecified atom stereocenters. The molecular formula is C12H13F2NO2. The minimum atomic E-state index is -0.757. The summed E-state index contributed by atoms with van der Waals surface area (Å²) >= 11 is 0. The van der Waals surface area contributed by atoms with Gasteiger partial charge in [0.15, 0.2) is 0 Å². The van der Waals surface area contributed by atoms with Gasteiger partial charge in [-0.3, -0.25) is 4.79 Å². The van der Waals surface area contributed by atoms with Crippen molar-refractivity contribution in [3.63, 3.8) is 0 Å². The fourth-order valence-electron chi connectivity index (χ4n) is 1.80. The third-order valence-corrected chi connectivity index (χ3v) is 2.64. The summed E-state index contributed by atoms with van der Waals surface area (Å²) in [6, 6.07) is 2.75. The molecule has 1 heterocycles. The number of halogens is 2. The van der Waals surface area contributed by atoms with E-state index in [0.717, 1.165) is 31.0 Å². The molecule has 1 amide bonds. The van der Waals surface area contributed by atoms with Crippen LogP contribution in [0.5, 0.6) is 0 Å². The standard InChI is InChI=1S/C12H13F2NO2/c13-9-4-8(5-10(14)6-9)12(16)15-7-11-2-1-3-17-11/h4-6,11H,1-3,7H2,(H,15,16). The van der Waals surface area contributed by atoms with E-state index in [1.54, 1.807) is 0 Å². The minimum Gasteiger partial charge on any atom is -0.376 e. The van der Waals surface area contributed by atoms with E-state index >= 15 is 0 Å². The number of ether oxygens (including phenoxy) is 1. The summed E-state index contributed by atoms with van der Waals surface area (Å²) in [6.07, 6.45) is 1.89. The largest absolute Gasteiger partial charge is 0.376 e. The number of hydrogen-bond acceptors (Lipinski definition) is 2. The molecule has 0 aliphatic carbocycles. The lowest BCUT2D eigenvalue weighted by atomic mass is 10.2. The zero-order valence-electron chi connectivity index (χ0n) is 9.21. The van der Waals surface area contributed by atoms with Crippen LogP contribution in [0.1, 0.15) is 23.2 Å². The van der Waals surface area contributed by atoms with Gasteiger partial charge in [-0.1, -0.05) is 0 Å². The van der Waals surface area contributed by atoms with Gasteiger partial charge in [-0.15, -0.1) is 0 Å². The van der Waals surface area contributed by atoms with Crippen LogP contribution in [0.25, 0.3) is 0 Å². The molecule has 3 nitrogen and oxygen atoms in total. The Kier molecular flexibility index (Phi) is 3.68. The first-order valence-corrected chi connectivity index (χ1v) is 5.51. The van der Waals surface area contributed by atoms with Crippen LogP contribution in [-0.4, -0.2) is 25.2 Å². The molecule has 0 saturated carbocycles. The van der Waals surface area contributed by atoms with E-state index in [1.165, 1.54) is 0 Å². The Morgan fingerprint density at radius 3 is 2.65 bits per heavy atom. The SMILES string of the molecule is O=C(NCC1CCCO1)c1cc(F)cc(F)c1.